The Kier molecular flexibility index (Phi) is 3.33. The van der Waals surface area contributed by atoms with E-state index in [1.54, 1.807) is 0 Å². The summed E-state index contributed by atoms with van der Waals surface area (Å²) >= 11 is 0. The van der Waals surface area contributed by atoms with Crippen LogP contribution < -0.4 is 5.32 Å². The van der Waals surface area contributed by atoms with Gasteiger partial charge in [-0.05, 0) is 56.6 Å². The van der Waals surface area contributed by atoms with Crippen LogP contribution in [-0.4, -0.2) is 11.0 Å². The van der Waals surface area contributed by atoms with Crippen molar-refractivity contribution in [1.29, 1.82) is 0 Å². The molecule has 0 saturated heterocycles. The molecule has 1 aromatic carbocycles. The molecule has 2 aromatic rings. The predicted molar refractivity (Wildman–Crippen MR) is 88.6 cm³/mol. The second-order valence-corrected chi connectivity index (χ2v) is 6.94. The van der Waals surface area contributed by atoms with Crippen molar-refractivity contribution < 1.29 is 0 Å². The Bertz CT molecular complexity index is 645. The van der Waals surface area contributed by atoms with Crippen LogP contribution in [0.4, 0.5) is 5.69 Å². The van der Waals surface area contributed by atoms with Gasteiger partial charge in [0.15, 0.2) is 0 Å². The van der Waals surface area contributed by atoms with Gasteiger partial charge in [0, 0.05) is 17.1 Å². The molecule has 2 atom stereocenters. The molecule has 0 aliphatic heterocycles. The van der Waals surface area contributed by atoms with Crippen LogP contribution in [0.25, 0.3) is 10.9 Å². The van der Waals surface area contributed by atoms with Gasteiger partial charge in [-0.25, -0.2) is 0 Å². The van der Waals surface area contributed by atoms with Crippen LogP contribution >= 0.6 is 0 Å². The SMILES string of the molecule is Cc1ccc2cccc(NC3CCCC(C4CC4)C3)c2n1. The predicted octanol–water partition coefficient (Wildman–Crippen LogP) is 4.92. The molecule has 4 rings (SSSR count). The number of para-hydroxylation sites is 1. The third kappa shape index (κ3) is 2.76. The van der Waals surface area contributed by atoms with Gasteiger partial charge >= 0.3 is 0 Å². The van der Waals surface area contributed by atoms with E-state index in [0.717, 1.165) is 23.0 Å². The number of aromatic nitrogens is 1. The van der Waals surface area contributed by atoms with E-state index in [2.05, 4.69) is 42.6 Å². The molecule has 0 amide bonds. The van der Waals surface area contributed by atoms with Gasteiger partial charge < -0.3 is 5.32 Å². The standard InChI is InChI=1S/C19H24N2/c1-13-8-9-15-4-3-7-18(19(15)20-13)21-17-6-2-5-16(12-17)14-10-11-14/h3-4,7-9,14,16-17,21H,2,5-6,10-12H2,1H3. The normalized spacial score (nSPS) is 26.0. The Labute approximate surface area is 127 Å². The van der Waals surface area contributed by atoms with Gasteiger partial charge in [-0.2, -0.15) is 0 Å². The van der Waals surface area contributed by atoms with E-state index >= 15 is 0 Å². The number of nitrogens with one attached hydrogen (secondary N) is 1. The highest BCUT2D eigenvalue weighted by molar-refractivity contribution is 5.90. The van der Waals surface area contributed by atoms with Crippen molar-refractivity contribution in [3.63, 3.8) is 0 Å². The number of nitrogens with zero attached hydrogens (tertiary/aromatic N) is 1. The van der Waals surface area contributed by atoms with E-state index in [1.807, 2.05) is 0 Å². The summed E-state index contributed by atoms with van der Waals surface area (Å²) in [5, 5.41) is 5.04. The van der Waals surface area contributed by atoms with Crippen molar-refractivity contribution in [3.05, 3.63) is 36.0 Å². The number of fused-ring (bicyclic) bond motifs is 1. The molecule has 2 nitrogen and oxygen atoms in total. The van der Waals surface area contributed by atoms with Crippen LogP contribution in [0.3, 0.4) is 0 Å². The number of hydrogen-bond donors (Lipinski definition) is 1. The molecular formula is C19H24N2. The molecule has 0 spiro atoms. The third-order valence-corrected chi connectivity index (χ3v) is 5.22. The summed E-state index contributed by atoms with van der Waals surface area (Å²) in [5.41, 5.74) is 3.44. The van der Waals surface area contributed by atoms with E-state index in [4.69, 9.17) is 4.98 Å². The summed E-state index contributed by atoms with van der Waals surface area (Å²) in [4.78, 5) is 4.75. The van der Waals surface area contributed by atoms with Crippen LogP contribution in [0.15, 0.2) is 30.3 Å². The van der Waals surface area contributed by atoms with E-state index in [0.29, 0.717) is 6.04 Å². The minimum absolute atomic E-state index is 0.636. The fourth-order valence-electron chi connectivity index (χ4n) is 3.94. The maximum Gasteiger partial charge on any atom is 0.0936 e. The van der Waals surface area contributed by atoms with Gasteiger partial charge in [-0.1, -0.05) is 31.0 Å². The van der Waals surface area contributed by atoms with E-state index in [-0.39, 0.29) is 0 Å². The molecular weight excluding hydrogens is 256 g/mol. The molecule has 21 heavy (non-hydrogen) atoms. The average Bonchev–Trinajstić information content (AvgIpc) is 3.33. The van der Waals surface area contributed by atoms with Gasteiger partial charge in [0.25, 0.3) is 0 Å². The molecule has 2 aliphatic carbocycles. The fraction of sp³-hybridized carbons (Fsp3) is 0.526. The summed E-state index contributed by atoms with van der Waals surface area (Å²) in [6.07, 6.45) is 8.46. The van der Waals surface area contributed by atoms with Gasteiger partial charge in [-0.3, -0.25) is 4.98 Å². The first-order valence-corrected chi connectivity index (χ1v) is 8.42. The molecule has 0 bridgehead atoms. The molecule has 2 saturated carbocycles. The monoisotopic (exact) mass is 280 g/mol. The summed E-state index contributed by atoms with van der Waals surface area (Å²) in [6.45, 7) is 2.07. The van der Waals surface area contributed by atoms with Gasteiger partial charge in [-0.15, -0.1) is 0 Å². The fourth-order valence-corrected chi connectivity index (χ4v) is 3.94. The zero-order chi connectivity index (χ0) is 14.2. The maximum absolute atomic E-state index is 4.75. The lowest BCUT2D eigenvalue weighted by atomic mass is 9.82. The Morgan fingerprint density at radius 2 is 1.90 bits per heavy atom. The van der Waals surface area contributed by atoms with Crippen LogP contribution in [0.5, 0.6) is 0 Å². The van der Waals surface area contributed by atoms with Crippen molar-refractivity contribution in [2.75, 3.05) is 5.32 Å². The number of hydrogen-bond acceptors (Lipinski definition) is 2. The van der Waals surface area contributed by atoms with Crippen LogP contribution in [0, 0.1) is 18.8 Å². The Morgan fingerprint density at radius 1 is 1.00 bits per heavy atom. The summed E-state index contributed by atoms with van der Waals surface area (Å²) in [5.74, 6) is 2.02. The minimum Gasteiger partial charge on any atom is -0.381 e. The highest BCUT2D eigenvalue weighted by Crippen LogP contribution is 2.44. The Balaban J connectivity index is 1.57. The molecule has 1 N–H and O–H groups in total. The van der Waals surface area contributed by atoms with Crippen LogP contribution in [0.1, 0.15) is 44.2 Å². The van der Waals surface area contributed by atoms with Crippen LogP contribution in [-0.2, 0) is 0 Å². The first-order valence-electron chi connectivity index (χ1n) is 8.42. The first-order chi connectivity index (χ1) is 10.3. The van der Waals surface area contributed by atoms with Crippen molar-refractivity contribution in [1.82, 2.24) is 4.98 Å². The van der Waals surface area contributed by atoms with Gasteiger partial charge in [0.1, 0.15) is 0 Å². The Morgan fingerprint density at radius 3 is 2.76 bits per heavy atom. The second kappa shape index (κ2) is 5.32. The number of rotatable bonds is 3. The third-order valence-electron chi connectivity index (χ3n) is 5.22. The number of aryl methyl sites for hydroxylation is 1. The first kappa shape index (κ1) is 13.1. The van der Waals surface area contributed by atoms with Gasteiger partial charge in [0.05, 0.1) is 11.2 Å². The van der Waals surface area contributed by atoms with E-state index in [9.17, 15) is 0 Å². The highest BCUT2D eigenvalue weighted by atomic mass is 14.9. The molecule has 2 fully saturated rings. The van der Waals surface area contributed by atoms with E-state index < -0.39 is 0 Å². The maximum atomic E-state index is 4.75. The second-order valence-electron chi connectivity index (χ2n) is 6.94. The number of benzene rings is 1. The molecule has 0 radical (unpaired) electrons. The number of anilines is 1. The molecule has 2 aliphatic rings. The highest BCUT2D eigenvalue weighted by Gasteiger charge is 2.34. The quantitative estimate of drug-likeness (QED) is 0.862. The summed E-state index contributed by atoms with van der Waals surface area (Å²) in [6, 6.07) is 11.4. The minimum atomic E-state index is 0.636. The van der Waals surface area contributed by atoms with Crippen molar-refractivity contribution >= 4 is 16.6 Å². The molecule has 110 valence electrons. The largest absolute Gasteiger partial charge is 0.381 e. The Hall–Kier alpha value is -1.57. The zero-order valence-electron chi connectivity index (χ0n) is 12.8. The van der Waals surface area contributed by atoms with Crippen LogP contribution in [0.2, 0.25) is 0 Å². The lowest BCUT2D eigenvalue weighted by Crippen LogP contribution is -2.28. The summed E-state index contributed by atoms with van der Waals surface area (Å²) < 4.78 is 0. The van der Waals surface area contributed by atoms with E-state index in [1.165, 1.54) is 49.6 Å². The van der Waals surface area contributed by atoms with Crippen molar-refractivity contribution in [3.8, 4) is 0 Å². The topological polar surface area (TPSA) is 24.9 Å². The smallest absolute Gasteiger partial charge is 0.0936 e. The molecule has 1 aromatic heterocycles. The zero-order valence-corrected chi connectivity index (χ0v) is 12.8. The average molecular weight is 280 g/mol. The lowest BCUT2D eigenvalue weighted by Gasteiger charge is -2.30. The number of pyridine rings is 1. The molecule has 2 heteroatoms. The molecule has 1 heterocycles. The summed E-state index contributed by atoms with van der Waals surface area (Å²) in [7, 11) is 0. The van der Waals surface area contributed by atoms with Gasteiger partial charge in [0.2, 0.25) is 0 Å². The van der Waals surface area contributed by atoms with Crippen molar-refractivity contribution in [2.24, 2.45) is 11.8 Å². The molecule has 2 unspecified atom stereocenters. The van der Waals surface area contributed by atoms with Crippen molar-refractivity contribution in [2.45, 2.75) is 51.5 Å². The lowest BCUT2D eigenvalue weighted by molar-refractivity contribution is 0.303.